The van der Waals surface area contributed by atoms with Gasteiger partial charge in [0.05, 0.1) is 12.1 Å². The van der Waals surface area contributed by atoms with Crippen LogP contribution in [0.2, 0.25) is 0 Å². The largest absolute Gasteiger partial charge is 0.423 e. The van der Waals surface area contributed by atoms with Crippen LogP contribution in [0, 0.1) is 6.92 Å². The summed E-state index contributed by atoms with van der Waals surface area (Å²) in [5.74, 6) is 1.97. The molecule has 0 saturated carbocycles. The Bertz CT molecular complexity index is 617. The SMILES string of the molecule is Cc1nnc([C@H]2CC[C@@H]3[C@@H](CCN3c3ncccn3)O2)o1. The molecule has 0 aromatic carbocycles. The van der Waals surface area contributed by atoms with E-state index in [4.69, 9.17) is 9.15 Å². The highest BCUT2D eigenvalue weighted by Gasteiger charge is 2.42. The average Bonchev–Trinajstić information content (AvgIpc) is 3.13. The molecule has 0 radical (unpaired) electrons. The fourth-order valence-electron chi connectivity index (χ4n) is 3.24. The topological polar surface area (TPSA) is 77.2 Å². The molecule has 2 aromatic rings. The minimum Gasteiger partial charge on any atom is -0.423 e. The van der Waals surface area contributed by atoms with E-state index >= 15 is 0 Å². The summed E-state index contributed by atoms with van der Waals surface area (Å²) in [7, 11) is 0. The predicted octanol–water partition coefficient (Wildman–Crippen LogP) is 1.67. The summed E-state index contributed by atoms with van der Waals surface area (Å²) in [6, 6.07) is 2.18. The first-order chi connectivity index (χ1) is 10.3. The smallest absolute Gasteiger partial charge is 0.245 e. The Kier molecular flexibility index (Phi) is 3.07. The minimum atomic E-state index is -0.0795. The zero-order valence-corrected chi connectivity index (χ0v) is 11.8. The second kappa shape index (κ2) is 5.07. The zero-order chi connectivity index (χ0) is 14.2. The summed E-state index contributed by atoms with van der Waals surface area (Å²) in [5, 5.41) is 7.96. The van der Waals surface area contributed by atoms with Gasteiger partial charge in [-0.2, -0.15) is 0 Å². The number of fused-ring (bicyclic) bond motifs is 1. The molecule has 2 aliphatic rings. The third-order valence-electron chi connectivity index (χ3n) is 4.17. The molecule has 3 atom stereocenters. The van der Waals surface area contributed by atoms with Crippen molar-refractivity contribution in [2.24, 2.45) is 0 Å². The van der Waals surface area contributed by atoms with Crippen LogP contribution in [-0.4, -0.2) is 38.9 Å². The molecule has 2 aliphatic heterocycles. The Labute approximate surface area is 122 Å². The first-order valence-corrected chi connectivity index (χ1v) is 7.30. The van der Waals surface area contributed by atoms with E-state index in [1.165, 1.54) is 0 Å². The van der Waals surface area contributed by atoms with E-state index in [1.807, 2.05) is 6.07 Å². The van der Waals surface area contributed by atoms with Gasteiger partial charge in [-0.3, -0.25) is 0 Å². The molecular weight excluding hydrogens is 270 g/mol. The molecule has 0 aliphatic carbocycles. The fraction of sp³-hybridized carbons (Fsp3) is 0.571. The number of rotatable bonds is 2. The van der Waals surface area contributed by atoms with Crippen molar-refractivity contribution >= 4 is 5.95 Å². The lowest BCUT2D eigenvalue weighted by molar-refractivity contribution is -0.0641. The first kappa shape index (κ1) is 12.7. The molecule has 2 fully saturated rings. The standard InChI is InChI=1S/C14H17N5O2/c1-9-17-18-13(20-9)12-4-3-10-11(21-12)5-8-19(10)14-15-6-2-7-16-14/h2,6-7,10-12H,3-5,8H2,1H3/t10-,11-,12-/m1/s1. The van der Waals surface area contributed by atoms with Crippen LogP contribution in [0.25, 0.3) is 0 Å². The van der Waals surface area contributed by atoms with E-state index in [-0.39, 0.29) is 12.2 Å². The molecule has 21 heavy (non-hydrogen) atoms. The van der Waals surface area contributed by atoms with Crippen LogP contribution >= 0.6 is 0 Å². The van der Waals surface area contributed by atoms with Crippen LogP contribution in [0.3, 0.4) is 0 Å². The molecule has 7 heteroatoms. The lowest BCUT2D eigenvalue weighted by Gasteiger charge is -2.34. The van der Waals surface area contributed by atoms with Gasteiger partial charge in [0, 0.05) is 25.9 Å². The predicted molar refractivity (Wildman–Crippen MR) is 73.7 cm³/mol. The summed E-state index contributed by atoms with van der Waals surface area (Å²) >= 11 is 0. The van der Waals surface area contributed by atoms with Crippen LogP contribution in [-0.2, 0) is 4.74 Å². The summed E-state index contributed by atoms with van der Waals surface area (Å²) < 4.78 is 11.7. The molecule has 4 rings (SSSR count). The van der Waals surface area contributed by atoms with Gasteiger partial charge in [-0.05, 0) is 25.3 Å². The van der Waals surface area contributed by atoms with Gasteiger partial charge in [0.15, 0.2) is 0 Å². The molecule has 0 spiro atoms. The van der Waals surface area contributed by atoms with Crippen molar-refractivity contribution in [1.82, 2.24) is 20.2 Å². The van der Waals surface area contributed by atoms with Crippen molar-refractivity contribution in [3.8, 4) is 0 Å². The van der Waals surface area contributed by atoms with Gasteiger partial charge >= 0.3 is 0 Å². The quantitative estimate of drug-likeness (QED) is 0.831. The average molecular weight is 287 g/mol. The Hall–Kier alpha value is -2.02. The molecule has 2 saturated heterocycles. The van der Waals surface area contributed by atoms with Crippen molar-refractivity contribution in [3.05, 3.63) is 30.2 Å². The summed E-state index contributed by atoms with van der Waals surface area (Å²) in [6.07, 6.45) is 6.55. The van der Waals surface area contributed by atoms with Crippen LogP contribution in [0.1, 0.15) is 37.1 Å². The van der Waals surface area contributed by atoms with E-state index < -0.39 is 0 Å². The number of aryl methyl sites for hydroxylation is 1. The Morgan fingerprint density at radius 3 is 2.76 bits per heavy atom. The van der Waals surface area contributed by atoms with Gasteiger partial charge in [0.25, 0.3) is 0 Å². The van der Waals surface area contributed by atoms with Gasteiger partial charge in [-0.25, -0.2) is 9.97 Å². The van der Waals surface area contributed by atoms with Crippen molar-refractivity contribution in [3.63, 3.8) is 0 Å². The highest BCUT2D eigenvalue weighted by molar-refractivity contribution is 5.34. The zero-order valence-electron chi connectivity index (χ0n) is 11.8. The minimum absolute atomic E-state index is 0.0795. The van der Waals surface area contributed by atoms with E-state index in [0.717, 1.165) is 31.8 Å². The molecule has 110 valence electrons. The van der Waals surface area contributed by atoms with Gasteiger partial charge < -0.3 is 14.1 Å². The monoisotopic (exact) mass is 287 g/mol. The maximum absolute atomic E-state index is 6.17. The van der Waals surface area contributed by atoms with Crippen molar-refractivity contribution in [2.75, 3.05) is 11.4 Å². The Morgan fingerprint density at radius 2 is 2.00 bits per heavy atom. The van der Waals surface area contributed by atoms with Gasteiger partial charge in [-0.1, -0.05) is 0 Å². The van der Waals surface area contributed by atoms with E-state index in [9.17, 15) is 0 Å². The molecule has 4 heterocycles. The lowest BCUT2D eigenvalue weighted by Crippen LogP contribution is -2.41. The summed E-state index contributed by atoms with van der Waals surface area (Å²) in [5.41, 5.74) is 0. The number of aromatic nitrogens is 4. The van der Waals surface area contributed by atoms with E-state index in [1.54, 1.807) is 19.3 Å². The maximum Gasteiger partial charge on any atom is 0.245 e. The molecule has 0 bridgehead atoms. The Balaban J connectivity index is 1.49. The summed E-state index contributed by atoms with van der Waals surface area (Å²) in [4.78, 5) is 11.0. The number of nitrogens with zero attached hydrogens (tertiary/aromatic N) is 5. The normalized spacial score (nSPS) is 28.6. The van der Waals surface area contributed by atoms with Crippen LogP contribution < -0.4 is 4.90 Å². The number of hydrogen-bond acceptors (Lipinski definition) is 7. The number of anilines is 1. The Morgan fingerprint density at radius 1 is 1.14 bits per heavy atom. The first-order valence-electron chi connectivity index (χ1n) is 7.30. The highest BCUT2D eigenvalue weighted by atomic mass is 16.5. The number of hydrogen-bond donors (Lipinski definition) is 0. The van der Waals surface area contributed by atoms with Gasteiger partial charge in [-0.15, -0.1) is 10.2 Å². The molecular formula is C14H17N5O2. The van der Waals surface area contributed by atoms with Crippen LogP contribution in [0.4, 0.5) is 5.95 Å². The van der Waals surface area contributed by atoms with Crippen molar-refractivity contribution in [2.45, 2.75) is 44.4 Å². The molecule has 0 amide bonds. The molecule has 2 aromatic heterocycles. The van der Waals surface area contributed by atoms with Crippen LogP contribution in [0.5, 0.6) is 0 Å². The molecule has 7 nitrogen and oxygen atoms in total. The van der Waals surface area contributed by atoms with E-state index in [2.05, 4.69) is 25.1 Å². The van der Waals surface area contributed by atoms with Gasteiger partial charge in [0.1, 0.15) is 6.10 Å². The van der Waals surface area contributed by atoms with E-state index in [0.29, 0.717) is 17.8 Å². The van der Waals surface area contributed by atoms with Crippen molar-refractivity contribution in [1.29, 1.82) is 0 Å². The molecule has 0 N–H and O–H groups in total. The third kappa shape index (κ3) is 2.27. The van der Waals surface area contributed by atoms with Crippen LogP contribution in [0.15, 0.2) is 22.9 Å². The second-order valence-corrected chi connectivity index (χ2v) is 5.50. The maximum atomic E-state index is 6.17. The second-order valence-electron chi connectivity index (χ2n) is 5.50. The summed E-state index contributed by atoms with van der Waals surface area (Å²) in [6.45, 7) is 2.72. The van der Waals surface area contributed by atoms with Gasteiger partial charge in [0.2, 0.25) is 17.7 Å². The lowest BCUT2D eigenvalue weighted by atomic mass is 9.99. The third-order valence-corrected chi connectivity index (χ3v) is 4.17. The van der Waals surface area contributed by atoms with Crippen molar-refractivity contribution < 1.29 is 9.15 Å². The number of ether oxygens (including phenoxy) is 1. The molecule has 0 unspecified atom stereocenters. The fourth-order valence-corrected chi connectivity index (χ4v) is 3.24. The highest BCUT2D eigenvalue weighted by Crippen LogP contribution is 2.38.